The van der Waals surface area contributed by atoms with E-state index in [0.29, 0.717) is 12.8 Å². The number of amides is 2. The SMILES string of the molecule is O=C(O)C1CCC(NC(=O)N2CCC(CCC3CCNCC3)CC2)CC1. The van der Waals surface area contributed by atoms with E-state index < -0.39 is 5.97 Å². The third kappa shape index (κ3) is 5.60. The number of piperidine rings is 2. The van der Waals surface area contributed by atoms with E-state index in [-0.39, 0.29) is 18.0 Å². The number of rotatable bonds is 5. The molecule has 26 heavy (non-hydrogen) atoms. The molecule has 3 N–H and O–H groups in total. The molecule has 6 heteroatoms. The van der Waals surface area contributed by atoms with Gasteiger partial charge in [-0.2, -0.15) is 0 Å². The zero-order valence-electron chi connectivity index (χ0n) is 15.9. The molecule has 2 saturated heterocycles. The van der Waals surface area contributed by atoms with Crippen molar-refractivity contribution in [2.45, 2.75) is 70.3 Å². The second-order valence-corrected chi connectivity index (χ2v) is 8.54. The number of carboxylic acids is 1. The van der Waals surface area contributed by atoms with E-state index in [0.717, 1.165) is 50.6 Å². The summed E-state index contributed by atoms with van der Waals surface area (Å²) in [7, 11) is 0. The molecule has 0 aromatic rings. The number of hydrogen-bond acceptors (Lipinski definition) is 3. The first-order valence-corrected chi connectivity index (χ1v) is 10.6. The number of likely N-dealkylation sites (tertiary alicyclic amines) is 1. The van der Waals surface area contributed by atoms with Crippen LogP contribution >= 0.6 is 0 Å². The van der Waals surface area contributed by atoms with Crippen LogP contribution in [0, 0.1) is 17.8 Å². The van der Waals surface area contributed by atoms with Gasteiger partial charge in [-0.1, -0.05) is 12.8 Å². The molecule has 148 valence electrons. The van der Waals surface area contributed by atoms with Crippen LogP contribution in [-0.2, 0) is 4.79 Å². The molecular weight excluding hydrogens is 330 g/mol. The monoisotopic (exact) mass is 365 g/mol. The van der Waals surface area contributed by atoms with Crippen molar-refractivity contribution in [1.82, 2.24) is 15.5 Å². The van der Waals surface area contributed by atoms with Crippen LogP contribution in [0.15, 0.2) is 0 Å². The van der Waals surface area contributed by atoms with Crippen LogP contribution in [-0.4, -0.2) is 54.2 Å². The Kier molecular flexibility index (Phi) is 7.17. The van der Waals surface area contributed by atoms with Gasteiger partial charge in [0.1, 0.15) is 0 Å². The molecule has 0 radical (unpaired) electrons. The Bertz CT molecular complexity index is 463. The van der Waals surface area contributed by atoms with E-state index in [4.69, 9.17) is 5.11 Å². The first-order chi connectivity index (χ1) is 12.6. The van der Waals surface area contributed by atoms with Crippen LogP contribution in [0.4, 0.5) is 4.79 Å². The maximum absolute atomic E-state index is 12.5. The molecular formula is C20H35N3O3. The summed E-state index contributed by atoms with van der Waals surface area (Å²) in [5.41, 5.74) is 0. The molecule has 3 aliphatic rings. The molecule has 3 rings (SSSR count). The lowest BCUT2D eigenvalue weighted by Crippen LogP contribution is -2.49. The molecule has 6 nitrogen and oxygen atoms in total. The van der Waals surface area contributed by atoms with Gasteiger partial charge in [0.15, 0.2) is 0 Å². The fourth-order valence-corrected chi connectivity index (χ4v) is 4.82. The quantitative estimate of drug-likeness (QED) is 0.700. The first kappa shape index (κ1) is 19.5. The fraction of sp³-hybridized carbons (Fsp3) is 0.900. The molecule has 0 unspecified atom stereocenters. The smallest absolute Gasteiger partial charge is 0.317 e. The molecule has 0 aromatic heterocycles. The summed E-state index contributed by atoms with van der Waals surface area (Å²) < 4.78 is 0. The number of nitrogens with zero attached hydrogens (tertiary/aromatic N) is 1. The van der Waals surface area contributed by atoms with Crippen molar-refractivity contribution in [3.63, 3.8) is 0 Å². The summed E-state index contributed by atoms with van der Waals surface area (Å²) >= 11 is 0. The number of nitrogens with one attached hydrogen (secondary N) is 2. The van der Waals surface area contributed by atoms with Gasteiger partial charge in [-0.3, -0.25) is 4.79 Å². The topological polar surface area (TPSA) is 81.7 Å². The zero-order valence-corrected chi connectivity index (χ0v) is 15.9. The van der Waals surface area contributed by atoms with Gasteiger partial charge in [-0.25, -0.2) is 4.79 Å². The van der Waals surface area contributed by atoms with Gasteiger partial charge in [0, 0.05) is 19.1 Å². The highest BCUT2D eigenvalue weighted by molar-refractivity contribution is 5.74. The Morgan fingerprint density at radius 1 is 0.885 bits per heavy atom. The van der Waals surface area contributed by atoms with Crippen molar-refractivity contribution in [3.8, 4) is 0 Å². The van der Waals surface area contributed by atoms with E-state index in [1.54, 1.807) is 0 Å². The van der Waals surface area contributed by atoms with Crippen molar-refractivity contribution in [2.75, 3.05) is 26.2 Å². The van der Waals surface area contributed by atoms with Crippen molar-refractivity contribution in [1.29, 1.82) is 0 Å². The molecule has 1 saturated carbocycles. The lowest BCUT2D eigenvalue weighted by Gasteiger charge is -2.35. The highest BCUT2D eigenvalue weighted by atomic mass is 16.4. The minimum Gasteiger partial charge on any atom is -0.481 e. The molecule has 1 aliphatic carbocycles. The average Bonchev–Trinajstić information content (AvgIpc) is 2.68. The second-order valence-electron chi connectivity index (χ2n) is 8.54. The summed E-state index contributed by atoms with van der Waals surface area (Å²) in [5, 5.41) is 15.6. The second kappa shape index (κ2) is 9.58. The van der Waals surface area contributed by atoms with Crippen LogP contribution in [0.25, 0.3) is 0 Å². The van der Waals surface area contributed by atoms with Gasteiger partial charge >= 0.3 is 12.0 Å². The molecule has 0 aromatic carbocycles. The van der Waals surface area contributed by atoms with Gasteiger partial charge < -0.3 is 20.6 Å². The standard InChI is InChI=1S/C20H35N3O3/c24-19(25)17-3-5-18(6-4-17)22-20(26)23-13-9-16(10-14-23)2-1-15-7-11-21-12-8-15/h15-18,21H,1-14H2,(H,22,26)(H,24,25). The van der Waals surface area contributed by atoms with Crippen molar-refractivity contribution < 1.29 is 14.7 Å². The van der Waals surface area contributed by atoms with E-state index in [1.165, 1.54) is 38.8 Å². The Labute approximate surface area is 157 Å². The largest absolute Gasteiger partial charge is 0.481 e. The van der Waals surface area contributed by atoms with Gasteiger partial charge in [-0.05, 0) is 76.3 Å². The van der Waals surface area contributed by atoms with Crippen molar-refractivity contribution in [3.05, 3.63) is 0 Å². The lowest BCUT2D eigenvalue weighted by molar-refractivity contribution is -0.142. The lowest BCUT2D eigenvalue weighted by atomic mass is 9.85. The minimum atomic E-state index is -0.693. The zero-order chi connectivity index (χ0) is 18.4. The minimum absolute atomic E-state index is 0.0561. The van der Waals surface area contributed by atoms with Gasteiger partial charge in [0.05, 0.1) is 5.92 Å². The van der Waals surface area contributed by atoms with Crippen LogP contribution < -0.4 is 10.6 Å². The summed E-state index contributed by atoms with van der Waals surface area (Å²) in [4.78, 5) is 25.5. The molecule has 0 atom stereocenters. The fourth-order valence-electron chi connectivity index (χ4n) is 4.82. The third-order valence-corrected chi connectivity index (χ3v) is 6.75. The molecule has 2 heterocycles. The van der Waals surface area contributed by atoms with Gasteiger partial charge in [-0.15, -0.1) is 0 Å². The summed E-state index contributed by atoms with van der Waals surface area (Å²) in [6.45, 7) is 4.09. The Morgan fingerprint density at radius 3 is 2.04 bits per heavy atom. The maximum Gasteiger partial charge on any atom is 0.317 e. The Hall–Kier alpha value is -1.30. The normalized spacial score (nSPS) is 28.7. The number of urea groups is 1. The molecule has 0 bridgehead atoms. The van der Waals surface area contributed by atoms with Crippen molar-refractivity contribution >= 4 is 12.0 Å². The van der Waals surface area contributed by atoms with E-state index in [9.17, 15) is 9.59 Å². The summed E-state index contributed by atoms with van der Waals surface area (Å²) in [5.74, 6) is 0.763. The summed E-state index contributed by atoms with van der Waals surface area (Å²) in [6.07, 6.45) is 10.5. The average molecular weight is 366 g/mol. The highest BCUT2D eigenvalue weighted by Gasteiger charge is 2.29. The molecule has 3 fully saturated rings. The molecule has 2 amide bonds. The number of carbonyl (C=O) groups excluding carboxylic acids is 1. The first-order valence-electron chi connectivity index (χ1n) is 10.6. The van der Waals surface area contributed by atoms with E-state index in [1.807, 2.05) is 4.90 Å². The van der Waals surface area contributed by atoms with Crippen LogP contribution in [0.3, 0.4) is 0 Å². The number of carbonyl (C=O) groups is 2. The Morgan fingerprint density at radius 2 is 1.46 bits per heavy atom. The van der Waals surface area contributed by atoms with Crippen LogP contribution in [0.1, 0.15) is 64.2 Å². The predicted molar refractivity (Wildman–Crippen MR) is 101 cm³/mol. The molecule has 2 aliphatic heterocycles. The van der Waals surface area contributed by atoms with Gasteiger partial charge in [0.2, 0.25) is 0 Å². The van der Waals surface area contributed by atoms with Crippen molar-refractivity contribution in [2.24, 2.45) is 17.8 Å². The molecule has 0 spiro atoms. The van der Waals surface area contributed by atoms with E-state index in [2.05, 4.69) is 10.6 Å². The summed E-state index contributed by atoms with van der Waals surface area (Å²) in [6, 6.07) is 0.205. The third-order valence-electron chi connectivity index (χ3n) is 6.75. The van der Waals surface area contributed by atoms with Gasteiger partial charge in [0.25, 0.3) is 0 Å². The van der Waals surface area contributed by atoms with E-state index >= 15 is 0 Å². The van der Waals surface area contributed by atoms with Crippen LogP contribution in [0.5, 0.6) is 0 Å². The number of carboxylic acid groups (broad SMARTS) is 1. The maximum atomic E-state index is 12.5. The highest BCUT2D eigenvalue weighted by Crippen LogP contribution is 2.28. The number of hydrogen-bond donors (Lipinski definition) is 3. The predicted octanol–water partition coefficient (Wildman–Crippen LogP) is 2.83. The Balaban J connectivity index is 1.31. The van der Waals surface area contributed by atoms with Crippen LogP contribution in [0.2, 0.25) is 0 Å². The number of aliphatic carboxylic acids is 1.